The zero-order valence-electron chi connectivity index (χ0n) is 10.1. The van der Waals surface area contributed by atoms with Gasteiger partial charge in [-0.1, -0.05) is 18.2 Å². The average Bonchev–Trinajstić information content (AvgIpc) is 2.40. The van der Waals surface area contributed by atoms with Crippen molar-refractivity contribution in [2.75, 3.05) is 44.8 Å². The summed E-state index contributed by atoms with van der Waals surface area (Å²) in [6.45, 7) is 3.51. The van der Waals surface area contributed by atoms with Crippen molar-refractivity contribution in [3.8, 4) is 0 Å². The van der Waals surface area contributed by atoms with Gasteiger partial charge in [-0.2, -0.15) is 0 Å². The fraction of sp³-hybridized carbons (Fsp3) is 0.462. The van der Waals surface area contributed by atoms with Crippen LogP contribution in [0.2, 0.25) is 0 Å². The molecule has 1 aliphatic rings. The Bertz CT molecular complexity index is 359. The summed E-state index contributed by atoms with van der Waals surface area (Å²) in [5.41, 5.74) is 1.23. The van der Waals surface area contributed by atoms with Crippen LogP contribution >= 0.6 is 0 Å². The van der Waals surface area contributed by atoms with Gasteiger partial charge in [0.1, 0.15) is 6.61 Å². The maximum atomic E-state index is 11.6. The van der Waals surface area contributed by atoms with Gasteiger partial charge in [-0.15, -0.1) is 0 Å². The van der Waals surface area contributed by atoms with Crippen LogP contribution in [-0.2, 0) is 9.53 Å². The van der Waals surface area contributed by atoms with Crippen molar-refractivity contribution >= 4 is 11.6 Å². The Balaban J connectivity index is 1.88. The number of rotatable bonds is 3. The molecule has 1 aromatic rings. The van der Waals surface area contributed by atoms with E-state index in [9.17, 15) is 4.79 Å². The Labute approximate surface area is 102 Å². The third-order valence-electron chi connectivity index (χ3n) is 3.02. The molecule has 1 aromatic carbocycles. The van der Waals surface area contributed by atoms with Crippen LogP contribution in [0.3, 0.4) is 0 Å². The fourth-order valence-corrected chi connectivity index (χ4v) is 2.07. The van der Waals surface area contributed by atoms with Gasteiger partial charge in [0.25, 0.3) is 0 Å². The van der Waals surface area contributed by atoms with Gasteiger partial charge in [0.2, 0.25) is 5.91 Å². The lowest BCUT2D eigenvalue weighted by molar-refractivity contribution is -0.135. The number of para-hydroxylation sites is 1. The molecule has 0 saturated carbocycles. The normalized spacial score (nSPS) is 16.1. The van der Waals surface area contributed by atoms with Gasteiger partial charge in [-0.25, -0.2) is 0 Å². The van der Waals surface area contributed by atoms with Crippen molar-refractivity contribution in [2.24, 2.45) is 0 Å². The first-order chi connectivity index (χ1) is 8.31. The van der Waals surface area contributed by atoms with Crippen molar-refractivity contribution in [2.45, 2.75) is 0 Å². The molecule has 0 aliphatic carbocycles. The highest BCUT2D eigenvalue weighted by atomic mass is 16.5. The topological polar surface area (TPSA) is 32.8 Å². The van der Waals surface area contributed by atoms with E-state index in [1.165, 1.54) is 5.69 Å². The first kappa shape index (κ1) is 11.9. The van der Waals surface area contributed by atoms with E-state index in [1.54, 1.807) is 7.11 Å². The van der Waals surface area contributed by atoms with Gasteiger partial charge in [0.05, 0.1) is 0 Å². The van der Waals surface area contributed by atoms with Crippen molar-refractivity contribution in [1.82, 2.24) is 4.90 Å². The number of carbonyl (C=O) groups excluding carboxylic acids is 1. The van der Waals surface area contributed by atoms with Crippen molar-refractivity contribution < 1.29 is 9.53 Å². The highest BCUT2D eigenvalue weighted by Gasteiger charge is 2.20. The van der Waals surface area contributed by atoms with E-state index >= 15 is 0 Å². The van der Waals surface area contributed by atoms with Crippen LogP contribution in [0.15, 0.2) is 30.3 Å². The molecule has 1 heterocycles. The molecule has 0 spiro atoms. The minimum Gasteiger partial charge on any atom is -0.375 e. The third kappa shape index (κ3) is 2.97. The quantitative estimate of drug-likeness (QED) is 0.781. The number of amides is 1. The Hall–Kier alpha value is -1.55. The standard InChI is InChI=1S/C13H18N2O2/c1-17-11-13(16)15-9-7-14(8-10-15)12-5-3-2-4-6-12/h2-6H,7-11H2,1H3. The Morgan fingerprint density at radius 3 is 2.41 bits per heavy atom. The predicted molar refractivity (Wildman–Crippen MR) is 67.1 cm³/mol. The molecule has 1 fully saturated rings. The molecule has 4 heteroatoms. The van der Waals surface area contributed by atoms with Crippen molar-refractivity contribution in [3.05, 3.63) is 30.3 Å². The van der Waals surface area contributed by atoms with Crippen LogP contribution in [0.1, 0.15) is 0 Å². The molecule has 1 saturated heterocycles. The van der Waals surface area contributed by atoms with E-state index in [2.05, 4.69) is 17.0 Å². The summed E-state index contributed by atoms with van der Waals surface area (Å²) in [5.74, 6) is 0.0835. The Kier molecular flexibility index (Phi) is 3.98. The molecule has 1 amide bonds. The minimum absolute atomic E-state index is 0.0835. The lowest BCUT2D eigenvalue weighted by Gasteiger charge is -2.36. The molecule has 0 radical (unpaired) electrons. The van der Waals surface area contributed by atoms with Crippen LogP contribution in [0.5, 0.6) is 0 Å². The summed E-state index contributed by atoms with van der Waals surface area (Å²) < 4.78 is 4.86. The summed E-state index contributed by atoms with van der Waals surface area (Å²) in [6.07, 6.45) is 0. The molecule has 17 heavy (non-hydrogen) atoms. The fourth-order valence-electron chi connectivity index (χ4n) is 2.07. The van der Waals surface area contributed by atoms with Gasteiger partial charge in [0, 0.05) is 39.0 Å². The second-order valence-corrected chi connectivity index (χ2v) is 4.14. The zero-order chi connectivity index (χ0) is 12.1. The van der Waals surface area contributed by atoms with E-state index in [4.69, 9.17) is 4.74 Å². The molecule has 0 atom stereocenters. The number of hydrogen-bond donors (Lipinski definition) is 0. The molecular weight excluding hydrogens is 216 g/mol. The third-order valence-corrected chi connectivity index (χ3v) is 3.02. The number of piperazine rings is 1. The van der Waals surface area contributed by atoms with Crippen LogP contribution in [0.25, 0.3) is 0 Å². The summed E-state index contributed by atoms with van der Waals surface area (Å²) >= 11 is 0. The lowest BCUT2D eigenvalue weighted by Crippen LogP contribution is -2.49. The van der Waals surface area contributed by atoms with Gasteiger partial charge in [0.15, 0.2) is 0 Å². The van der Waals surface area contributed by atoms with Crippen LogP contribution in [0.4, 0.5) is 5.69 Å². The van der Waals surface area contributed by atoms with Crippen molar-refractivity contribution in [3.63, 3.8) is 0 Å². The average molecular weight is 234 g/mol. The number of hydrogen-bond acceptors (Lipinski definition) is 3. The SMILES string of the molecule is COCC(=O)N1CCN(c2ccccc2)CC1. The number of methoxy groups -OCH3 is 1. The monoisotopic (exact) mass is 234 g/mol. The highest BCUT2D eigenvalue weighted by Crippen LogP contribution is 2.15. The van der Waals surface area contributed by atoms with Gasteiger partial charge in [-0.05, 0) is 12.1 Å². The number of nitrogens with zero attached hydrogens (tertiary/aromatic N) is 2. The largest absolute Gasteiger partial charge is 0.375 e. The predicted octanol–water partition coefficient (Wildman–Crippen LogP) is 0.982. The molecule has 0 bridgehead atoms. The maximum absolute atomic E-state index is 11.6. The number of anilines is 1. The molecule has 0 aromatic heterocycles. The molecule has 4 nitrogen and oxygen atoms in total. The van der Waals surface area contributed by atoms with E-state index in [0.29, 0.717) is 0 Å². The van der Waals surface area contributed by atoms with Crippen LogP contribution in [0, 0.1) is 0 Å². The summed E-state index contributed by atoms with van der Waals surface area (Å²) in [5, 5.41) is 0. The first-order valence-corrected chi connectivity index (χ1v) is 5.88. The number of carbonyl (C=O) groups is 1. The summed E-state index contributed by atoms with van der Waals surface area (Å²) in [6, 6.07) is 10.3. The van der Waals surface area contributed by atoms with E-state index < -0.39 is 0 Å². The molecule has 1 aliphatic heterocycles. The number of benzene rings is 1. The summed E-state index contributed by atoms with van der Waals surface area (Å²) in [4.78, 5) is 15.8. The minimum atomic E-state index is 0.0835. The molecule has 0 unspecified atom stereocenters. The maximum Gasteiger partial charge on any atom is 0.248 e. The van der Waals surface area contributed by atoms with Gasteiger partial charge in [-0.3, -0.25) is 4.79 Å². The highest BCUT2D eigenvalue weighted by molar-refractivity contribution is 5.77. The first-order valence-electron chi connectivity index (χ1n) is 5.88. The smallest absolute Gasteiger partial charge is 0.248 e. The Morgan fingerprint density at radius 2 is 1.82 bits per heavy atom. The van der Waals surface area contributed by atoms with E-state index in [0.717, 1.165) is 26.2 Å². The molecule has 92 valence electrons. The van der Waals surface area contributed by atoms with Gasteiger partial charge >= 0.3 is 0 Å². The molecule has 2 rings (SSSR count). The van der Waals surface area contributed by atoms with Gasteiger partial charge < -0.3 is 14.5 Å². The zero-order valence-corrected chi connectivity index (χ0v) is 10.1. The second-order valence-electron chi connectivity index (χ2n) is 4.14. The molecular formula is C13H18N2O2. The molecule has 0 N–H and O–H groups in total. The number of ether oxygens (including phenoxy) is 1. The summed E-state index contributed by atoms with van der Waals surface area (Å²) in [7, 11) is 1.55. The van der Waals surface area contributed by atoms with Crippen molar-refractivity contribution in [1.29, 1.82) is 0 Å². The van der Waals surface area contributed by atoms with E-state index in [1.807, 2.05) is 23.1 Å². The van der Waals surface area contributed by atoms with Crippen LogP contribution in [-0.4, -0.2) is 50.7 Å². The van der Waals surface area contributed by atoms with E-state index in [-0.39, 0.29) is 12.5 Å². The second kappa shape index (κ2) is 5.68. The van der Waals surface area contributed by atoms with Crippen LogP contribution < -0.4 is 4.90 Å². The lowest BCUT2D eigenvalue weighted by atomic mass is 10.2. The Morgan fingerprint density at radius 1 is 1.18 bits per heavy atom.